The molecule has 0 aliphatic rings. The van der Waals surface area contributed by atoms with E-state index in [1.807, 2.05) is 0 Å². The summed E-state index contributed by atoms with van der Waals surface area (Å²) in [4.78, 5) is 16.4. The Hall–Kier alpha value is -3.02. The summed E-state index contributed by atoms with van der Waals surface area (Å²) in [6, 6.07) is 11.2. The van der Waals surface area contributed by atoms with Crippen LogP contribution < -0.4 is 5.32 Å². The number of carbonyl (C=O) groups is 1. The quantitative estimate of drug-likeness (QED) is 0.765. The summed E-state index contributed by atoms with van der Waals surface area (Å²) in [5.41, 5.74) is 1.80. The lowest BCUT2D eigenvalue weighted by Gasteiger charge is -2.04. The molecule has 0 unspecified atom stereocenters. The summed E-state index contributed by atoms with van der Waals surface area (Å²) in [5, 5.41) is 2.76. The maximum absolute atomic E-state index is 13.0. The summed E-state index contributed by atoms with van der Waals surface area (Å²) in [6.07, 6.45) is 0.490. The van der Waals surface area contributed by atoms with Crippen LogP contribution in [0.1, 0.15) is 21.8 Å². The van der Waals surface area contributed by atoms with Gasteiger partial charge in [0.1, 0.15) is 17.4 Å². The molecule has 1 N–H and O–H groups in total. The van der Waals surface area contributed by atoms with Crippen molar-refractivity contribution in [2.45, 2.75) is 13.3 Å². The van der Waals surface area contributed by atoms with Gasteiger partial charge in [-0.15, -0.1) is 0 Å². The van der Waals surface area contributed by atoms with Gasteiger partial charge in [0.25, 0.3) is 5.91 Å². The number of nitrogens with zero attached hydrogens (tertiary/aromatic N) is 1. The van der Waals surface area contributed by atoms with E-state index in [4.69, 9.17) is 4.42 Å². The fraction of sp³-hybridized carbons (Fsp3) is 0.158. The second-order valence-corrected chi connectivity index (χ2v) is 5.54. The van der Waals surface area contributed by atoms with Crippen molar-refractivity contribution >= 4 is 5.91 Å². The number of benzene rings is 2. The second kappa shape index (κ2) is 7.25. The Morgan fingerprint density at radius 1 is 1.04 bits per heavy atom. The van der Waals surface area contributed by atoms with Crippen LogP contribution in [0.4, 0.5) is 8.78 Å². The van der Waals surface area contributed by atoms with E-state index in [0.29, 0.717) is 35.7 Å². The van der Waals surface area contributed by atoms with Crippen LogP contribution >= 0.6 is 0 Å². The highest BCUT2D eigenvalue weighted by atomic mass is 19.1. The molecule has 0 spiro atoms. The van der Waals surface area contributed by atoms with Crippen LogP contribution in [0.25, 0.3) is 11.5 Å². The van der Waals surface area contributed by atoms with E-state index in [1.54, 1.807) is 19.1 Å². The molecule has 0 bridgehead atoms. The zero-order valence-corrected chi connectivity index (χ0v) is 13.6. The number of carbonyl (C=O) groups excluding carboxylic acids is 1. The van der Waals surface area contributed by atoms with Crippen LogP contribution in [0.2, 0.25) is 0 Å². The van der Waals surface area contributed by atoms with Crippen molar-refractivity contribution in [1.29, 1.82) is 0 Å². The Bertz CT molecular complexity index is 871. The van der Waals surface area contributed by atoms with Crippen LogP contribution in [-0.4, -0.2) is 17.4 Å². The summed E-state index contributed by atoms with van der Waals surface area (Å²) in [6.45, 7) is 2.16. The van der Waals surface area contributed by atoms with E-state index < -0.39 is 0 Å². The van der Waals surface area contributed by atoms with Crippen molar-refractivity contribution in [2.75, 3.05) is 6.54 Å². The van der Waals surface area contributed by atoms with Crippen molar-refractivity contribution in [3.8, 4) is 11.5 Å². The molecule has 3 aromatic rings. The zero-order chi connectivity index (χ0) is 17.8. The number of nitrogens with one attached hydrogen (secondary N) is 1. The number of hydrogen-bond acceptors (Lipinski definition) is 3. The molecule has 2 aromatic carbocycles. The van der Waals surface area contributed by atoms with Gasteiger partial charge in [0.05, 0.1) is 5.69 Å². The summed E-state index contributed by atoms with van der Waals surface area (Å²) >= 11 is 0. The molecule has 0 radical (unpaired) electrons. The lowest BCUT2D eigenvalue weighted by Crippen LogP contribution is -2.25. The largest absolute Gasteiger partial charge is 0.441 e. The monoisotopic (exact) mass is 342 g/mol. The minimum absolute atomic E-state index is 0.278. The molecule has 128 valence electrons. The van der Waals surface area contributed by atoms with Gasteiger partial charge in [-0.2, -0.15) is 0 Å². The van der Waals surface area contributed by atoms with Crippen LogP contribution in [0.3, 0.4) is 0 Å². The molecule has 25 heavy (non-hydrogen) atoms. The molecule has 0 aliphatic heterocycles. The molecule has 1 heterocycles. The first-order valence-electron chi connectivity index (χ1n) is 7.79. The zero-order valence-electron chi connectivity index (χ0n) is 13.6. The summed E-state index contributed by atoms with van der Waals surface area (Å²) in [7, 11) is 0. The Morgan fingerprint density at radius 2 is 1.64 bits per heavy atom. The fourth-order valence-corrected chi connectivity index (χ4v) is 2.37. The summed E-state index contributed by atoms with van der Waals surface area (Å²) in [5.74, 6) is 0.0754. The van der Waals surface area contributed by atoms with E-state index in [1.165, 1.54) is 36.4 Å². The van der Waals surface area contributed by atoms with Crippen LogP contribution in [-0.2, 0) is 6.42 Å². The van der Waals surface area contributed by atoms with Gasteiger partial charge in [0, 0.05) is 24.1 Å². The topological polar surface area (TPSA) is 55.1 Å². The molecular weight excluding hydrogens is 326 g/mol. The van der Waals surface area contributed by atoms with E-state index >= 15 is 0 Å². The molecule has 0 saturated heterocycles. The molecule has 3 rings (SSSR count). The Kier molecular flexibility index (Phi) is 4.88. The first-order valence-corrected chi connectivity index (χ1v) is 7.79. The fourth-order valence-electron chi connectivity index (χ4n) is 2.37. The molecule has 0 fully saturated rings. The van der Waals surface area contributed by atoms with Gasteiger partial charge >= 0.3 is 0 Å². The molecule has 0 aliphatic carbocycles. The van der Waals surface area contributed by atoms with Crippen LogP contribution in [0, 0.1) is 18.6 Å². The number of amides is 1. The molecule has 0 atom stereocenters. The van der Waals surface area contributed by atoms with Crippen molar-refractivity contribution in [2.24, 2.45) is 0 Å². The van der Waals surface area contributed by atoms with Crippen molar-refractivity contribution in [1.82, 2.24) is 10.3 Å². The van der Waals surface area contributed by atoms with Gasteiger partial charge in [0.15, 0.2) is 0 Å². The predicted molar refractivity (Wildman–Crippen MR) is 89.1 cm³/mol. The number of rotatable bonds is 5. The maximum Gasteiger partial charge on any atom is 0.251 e. The van der Waals surface area contributed by atoms with Gasteiger partial charge in [-0.1, -0.05) is 0 Å². The Labute approximate surface area is 143 Å². The normalized spacial score (nSPS) is 10.7. The van der Waals surface area contributed by atoms with E-state index in [-0.39, 0.29) is 17.5 Å². The molecule has 1 amide bonds. The van der Waals surface area contributed by atoms with Crippen molar-refractivity contribution in [3.05, 3.63) is 77.2 Å². The van der Waals surface area contributed by atoms with Gasteiger partial charge < -0.3 is 9.73 Å². The first kappa shape index (κ1) is 16.8. The number of halogens is 2. The average molecular weight is 342 g/mol. The minimum Gasteiger partial charge on any atom is -0.441 e. The standard InChI is InChI=1S/C19H16F2N2O2/c1-12-17(23-19(25-12)14-4-8-16(21)9-5-14)10-11-22-18(24)13-2-6-15(20)7-3-13/h2-9H,10-11H2,1H3,(H,22,24). The highest BCUT2D eigenvalue weighted by Gasteiger charge is 2.12. The lowest BCUT2D eigenvalue weighted by atomic mass is 10.2. The number of hydrogen-bond donors (Lipinski definition) is 1. The van der Waals surface area contributed by atoms with E-state index in [9.17, 15) is 13.6 Å². The third-order valence-electron chi connectivity index (χ3n) is 3.74. The average Bonchev–Trinajstić information content (AvgIpc) is 2.97. The Balaban J connectivity index is 1.61. The molecule has 1 aromatic heterocycles. The van der Waals surface area contributed by atoms with E-state index in [2.05, 4.69) is 10.3 Å². The maximum atomic E-state index is 13.0. The molecular formula is C19H16F2N2O2. The SMILES string of the molecule is Cc1oc(-c2ccc(F)cc2)nc1CCNC(=O)c1ccc(F)cc1. The minimum atomic E-state index is -0.386. The second-order valence-electron chi connectivity index (χ2n) is 5.54. The van der Waals surface area contributed by atoms with Crippen molar-refractivity contribution < 1.29 is 18.0 Å². The molecule has 4 nitrogen and oxygen atoms in total. The molecule has 6 heteroatoms. The molecule has 0 saturated carbocycles. The number of aryl methyl sites for hydroxylation is 1. The third kappa shape index (κ3) is 4.09. The van der Waals surface area contributed by atoms with Gasteiger partial charge in [-0.05, 0) is 55.5 Å². The van der Waals surface area contributed by atoms with Crippen LogP contribution in [0.5, 0.6) is 0 Å². The van der Waals surface area contributed by atoms with Crippen molar-refractivity contribution in [3.63, 3.8) is 0 Å². The Morgan fingerprint density at radius 3 is 2.28 bits per heavy atom. The highest BCUT2D eigenvalue weighted by molar-refractivity contribution is 5.94. The van der Waals surface area contributed by atoms with Gasteiger partial charge in [-0.25, -0.2) is 13.8 Å². The highest BCUT2D eigenvalue weighted by Crippen LogP contribution is 2.22. The van der Waals surface area contributed by atoms with Gasteiger partial charge in [-0.3, -0.25) is 4.79 Å². The van der Waals surface area contributed by atoms with Crippen LogP contribution in [0.15, 0.2) is 52.9 Å². The lowest BCUT2D eigenvalue weighted by molar-refractivity contribution is 0.0954. The van der Waals surface area contributed by atoms with Gasteiger partial charge in [0.2, 0.25) is 5.89 Å². The first-order chi connectivity index (χ1) is 12.0. The number of oxazole rings is 1. The van der Waals surface area contributed by atoms with E-state index in [0.717, 1.165) is 5.69 Å². The number of aromatic nitrogens is 1. The third-order valence-corrected chi connectivity index (χ3v) is 3.74. The summed E-state index contributed by atoms with van der Waals surface area (Å²) < 4.78 is 31.4. The predicted octanol–water partition coefficient (Wildman–Crippen LogP) is 3.90. The smallest absolute Gasteiger partial charge is 0.251 e.